The van der Waals surface area contributed by atoms with E-state index in [-0.39, 0.29) is 0 Å². The topological polar surface area (TPSA) is 38.7 Å². The first-order chi connectivity index (χ1) is 29.7. The average Bonchev–Trinajstić information content (AvgIpc) is 3.33. The van der Waals surface area contributed by atoms with Gasteiger partial charge in [-0.2, -0.15) is 0 Å². The van der Waals surface area contributed by atoms with Gasteiger partial charge in [-0.15, -0.1) is 0 Å². The smallest absolute Gasteiger partial charge is 0.164 e. The summed E-state index contributed by atoms with van der Waals surface area (Å²) in [5, 5.41) is 14.4. The second-order valence-corrected chi connectivity index (χ2v) is 15.5. The molecule has 0 aliphatic rings. The van der Waals surface area contributed by atoms with E-state index in [9.17, 15) is 0 Å². The molecule has 12 rings (SSSR count). The van der Waals surface area contributed by atoms with Gasteiger partial charge < -0.3 is 0 Å². The second-order valence-electron chi connectivity index (χ2n) is 15.5. The van der Waals surface area contributed by atoms with E-state index in [1.54, 1.807) is 0 Å². The van der Waals surface area contributed by atoms with Crippen LogP contribution in [0.25, 0.3) is 121 Å². The Morgan fingerprint density at radius 1 is 0.200 bits per heavy atom. The minimum atomic E-state index is 0.620. The lowest BCUT2D eigenvalue weighted by Gasteiger charge is -2.17. The molecule has 60 heavy (non-hydrogen) atoms. The van der Waals surface area contributed by atoms with Crippen molar-refractivity contribution in [3.05, 3.63) is 212 Å². The van der Waals surface area contributed by atoms with E-state index >= 15 is 0 Å². The van der Waals surface area contributed by atoms with Gasteiger partial charge in [-0.25, -0.2) is 15.0 Å². The quantitative estimate of drug-likeness (QED) is 0.164. The van der Waals surface area contributed by atoms with Gasteiger partial charge in [-0.05, 0) is 123 Å². The molecule has 0 N–H and O–H groups in total. The van der Waals surface area contributed by atoms with Crippen LogP contribution in [0.2, 0.25) is 0 Å². The molecule has 0 aliphatic heterocycles. The van der Waals surface area contributed by atoms with E-state index in [2.05, 4.69) is 194 Å². The summed E-state index contributed by atoms with van der Waals surface area (Å²) in [7, 11) is 0. The highest BCUT2D eigenvalue weighted by atomic mass is 15.0. The van der Waals surface area contributed by atoms with Crippen LogP contribution in [0, 0.1) is 0 Å². The van der Waals surface area contributed by atoms with Gasteiger partial charge in [0.05, 0.1) is 0 Å². The fraction of sp³-hybridized carbons (Fsp3) is 0. The Labute approximate surface area is 346 Å². The maximum Gasteiger partial charge on any atom is 0.164 e. The lowest BCUT2D eigenvalue weighted by molar-refractivity contribution is 1.08. The fourth-order valence-electron chi connectivity index (χ4n) is 9.23. The summed E-state index contributed by atoms with van der Waals surface area (Å²) in [6.07, 6.45) is 0. The summed E-state index contributed by atoms with van der Waals surface area (Å²) < 4.78 is 0. The van der Waals surface area contributed by atoms with E-state index in [0.29, 0.717) is 17.5 Å². The third kappa shape index (κ3) is 5.63. The monoisotopic (exact) mass is 761 g/mol. The van der Waals surface area contributed by atoms with E-state index in [1.165, 1.54) is 53.9 Å². The molecule has 0 radical (unpaired) electrons. The van der Waals surface area contributed by atoms with Crippen LogP contribution in [0.1, 0.15) is 0 Å². The Morgan fingerprint density at radius 2 is 0.517 bits per heavy atom. The van der Waals surface area contributed by atoms with E-state index in [4.69, 9.17) is 15.0 Å². The summed E-state index contributed by atoms with van der Waals surface area (Å²) in [5.41, 5.74) is 7.35. The molecule has 3 heteroatoms. The van der Waals surface area contributed by atoms with Gasteiger partial charge in [0.25, 0.3) is 0 Å². The summed E-state index contributed by atoms with van der Waals surface area (Å²) >= 11 is 0. The number of hydrogen-bond acceptors (Lipinski definition) is 3. The summed E-state index contributed by atoms with van der Waals surface area (Å²) in [4.78, 5) is 16.0. The van der Waals surface area contributed by atoms with Gasteiger partial charge in [0, 0.05) is 16.7 Å². The molecule has 278 valence electrons. The largest absolute Gasteiger partial charge is 0.208 e. The summed E-state index contributed by atoms with van der Waals surface area (Å²) in [6, 6.07) is 76.1. The van der Waals surface area contributed by atoms with Crippen LogP contribution in [0.5, 0.6) is 0 Å². The molecule has 0 spiro atoms. The van der Waals surface area contributed by atoms with E-state index < -0.39 is 0 Å². The molecule has 3 nitrogen and oxygen atoms in total. The normalized spacial score (nSPS) is 11.7. The molecule has 0 atom stereocenters. The second kappa shape index (κ2) is 13.8. The third-order valence-electron chi connectivity index (χ3n) is 12.0. The Balaban J connectivity index is 1.18. The molecule has 11 aromatic carbocycles. The molecule has 0 aliphatic carbocycles. The average molecular weight is 762 g/mol. The Morgan fingerprint density at radius 3 is 0.983 bits per heavy atom. The molecule has 0 fully saturated rings. The van der Waals surface area contributed by atoms with E-state index in [1.807, 2.05) is 18.2 Å². The lowest BCUT2D eigenvalue weighted by atomic mass is 9.88. The first kappa shape index (κ1) is 34.1. The van der Waals surface area contributed by atoms with Crippen LogP contribution in [0.15, 0.2) is 212 Å². The van der Waals surface area contributed by atoms with Crippen molar-refractivity contribution in [2.24, 2.45) is 0 Å². The Hall–Kier alpha value is -8.01. The van der Waals surface area contributed by atoms with Crippen LogP contribution < -0.4 is 0 Å². The van der Waals surface area contributed by atoms with Crippen molar-refractivity contribution in [3.63, 3.8) is 0 Å². The first-order valence-corrected chi connectivity index (χ1v) is 20.4. The van der Waals surface area contributed by atoms with Crippen molar-refractivity contribution in [1.82, 2.24) is 15.0 Å². The standard InChI is InChI=1S/C57H35N3/c1-2-16-36(17-3-1)55-58-56(60-57(59-55)54-35-39-20-6-9-23-45(39)48-26-12-15-29-51(48)54)42-31-40(52-33-37-18-4-7-21-43(37)46-24-10-13-27-49(46)52)30-41(32-42)53-34-38-19-5-8-22-44(38)47-25-11-14-28-50(47)53/h1-35H. The predicted octanol–water partition coefficient (Wildman–Crippen LogP) is 15.1. The van der Waals surface area contributed by atoms with Gasteiger partial charge in [0.1, 0.15) is 0 Å². The zero-order valence-electron chi connectivity index (χ0n) is 32.5. The zero-order valence-corrected chi connectivity index (χ0v) is 32.5. The molecule has 0 unspecified atom stereocenters. The van der Waals surface area contributed by atoms with Crippen molar-refractivity contribution in [2.45, 2.75) is 0 Å². The SMILES string of the molecule is c1ccc(-c2nc(-c3cc(-c4cc5ccccc5c5ccccc45)cc(-c4cc5ccccc5c5ccccc45)c3)nc(-c3cc4ccccc4c4ccccc34)n2)cc1. The van der Waals surface area contributed by atoms with Crippen LogP contribution in [-0.4, -0.2) is 15.0 Å². The van der Waals surface area contributed by atoms with Gasteiger partial charge in [-0.3, -0.25) is 0 Å². The van der Waals surface area contributed by atoms with Crippen LogP contribution in [0.3, 0.4) is 0 Å². The minimum absolute atomic E-state index is 0.620. The Kier molecular flexibility index (Phi) is 7.85. The van der Waals surface area contributed by atoms with E-state index in [0.717, 1.165) is 49.7 Å². The number of rotatable bonds is 5. The fourth-order valence-corrected chi connectivity index (χ4v) is 9.23. The number of fused-ring (bicyclic) bond motifs is 9. The maximum absolute atomic E-state index is 5.43. The van der Waals surface area contributed by atoms with Gasteiger partial charge in [0.2, 0.25) is 0 Å². The molecular weight excluding hydrogens is 727 g/mol. The minimum Gasteiger partial charge on any atom is -0.208 e. The predicted molar refractivity (Wildman–Crippen MR) is 252 cm³/mol. The Bertz CT molecular complexity index is 3530. The van der Waals surface area contributed by atoms with Crippen molar-refractivity contribution >= 4 is 64.6 Å². The van der Waals surface area contributed by atoms with Crippen molar-refractivity contribution < 1.29 is 0 Å². The van der Waals surface area contributed by atoms with Gasteiger partial charge in [0.15, 0.2) is 17.5 Å². The van der Waals surface area contributed by atoms with Crippen LogP contribution >= 0.6 is 0 Å². The highest BCUT2D eigenvalue weighted by Crippen LogP contribution is 2.42. The molecule has 1 aromatic heterocycles. The number of aromatic nitrogens is 3. The molecule has 0 saturated carbocycles. The van der Waals surface area contributed by atoms with Gasteiger partial charge in [-0.1, -0.05) is 176 Å². The van der Waals surface area contributed by atoms with Crippen molar-refractivity contribution in [3.8, 4) is 56.4 Å². The van der Waals surface area contributed by atoms with Crippen LogP contribution in [0.4, 0.5) is 0 Å². The summed E-state index contributed by atoms with van der Waals surface area (Å²) in [6.45, 7) is 0. The van der Waals surface area contributed by atoms with Crippen molar-refractivity contribution in [2.75, 3.05) is 0 Å². The number of hydrogen-bond donors (Lipinski definition) is 0. The van der Waals surface area contributed by atoms with Crippen LogP contribution in [-0.2, 0) is 0 Å². The molecule has 12 aromatic rings. The molecule has 0 amide bonds. The highest BCUT2D eigenvalue weighted by molar-refractivity contribution is 6.17. The van der Waals surface area contributed by atoms with Crippen molar-refractivity contribution in [1.29, 1.82) is 0 Å². The molecular formula is C57H35N3. The zero-order chi connectivity index (χ0) is 39.6. The molecule has 0 saturated heterocycles. The summed E-state index contributed by atoms with van der Waals surface area (Å²) in [5.74, 6) is 1.89. The highest BCUT2D eigenvalue weighted by Gasteiger charge is 2.19. The number of benzene rings is 11. The first-order valence-electron chi connectivity index (χ1n) is 20.4. The molecule has 0 bridgehead atoms. The maximum atomic E-state index is 5.43. The van der Waals surface area contributed by atoms with Gasteiger partial charge >= 0.3 is 0 Å². The third-order valence-corrected chi connectivity index (χ3v) is 12.0. The number of nitrogens with zero attached hydrogens (tertiary/aromatic N) is 3. The lowest BCUT2D eigenvalue weighted by Crippen LogP contribution is -2.01. The molecule has 1 heterocycles.